The Bertz CT molecular complexity index is 978. The lowest BCUT2D eigenvalue weighted by Crippen LogP contribution is -2.40. The van der Waals surface area contributed by atoms with Gasteiger partial charge in [0.05, 0.1) is 16.6 Å². The number of carbonyl (C=O) groups is 1. The number of nitrogens with zero attached hydrogens (tertiary/aromatic N) is 5. The summed E-state index contributed by atoms with van der Waals surface area (Å²) in [5.41, 5.74) is 2.70. The molecule has 1 aliphatic rings. The monoisotopic (exact) mass is 378 g/mol. The van der Waals surface area contributed by atoms with Crippen LogP contribution in [0.5, 0.6) is 0 Å². The minimum absolute atomic E-state index is 0.0143. The van der Waals surface area contributed by atoms with Gasteiger partial charge in [0.2, 0.25) is 5.95 Å². The third-order valence-electron chi connectivity index (χ3n) is 5.34. The maximum atomic E-state index is 13.0. The van der Waals surface area contributed by atoms with Gasteiger partial charge in [-0.2, -0.15) is 0 Å². The van der Waals surface area contributed by atoms with Gasteiger partial charge in [-0.1, -0.05) is 12.1 Å². The second-order valence-electron chi connectivity index (χ2n) is 7.56. The van der Waals surface area contributed by atoms with Gasteiger partial charge < -0.3 is 14.8 Å². The van der Waals surface area contributed by atoms with E-state index in [0.29, 0.717) is 24.1 Å². The van der Waals surface area contributed by atoms with E-state index in [1.165, 1.54) is 0 Å². The fraction of sp³-hybridized carbons (Fsp3) is 0.429. The average molecular weight is 378 g/mol. The molecule has 2 aromatic heterocycles. The third-order valence-corrected chi connectivity index (χ3v) is 5.34. The number of rotatable bonds is 4. The number of para-hydroxylation sites is 2. The molecule has 1 atom stereocenters. The van der Waals surface area contributed by atoms with Crippen LogP contribution in [0.15, 0.2) is 36.7 Å². The first-order valence-electron chi connectivity index (χ1n) is 9.84. The zero-order chi connectivity index (χ0) is 19.7. The Morgan fingerprint density at radius 1 is 1.21 bits per heavy atom. The molecule has 146 valence electrons. The fourth-order valence-electron chi connectivity index (χ4n) is 4.02. The molecule has 1 unspecified atom stereocenters. The molecule has 1 N–H and O–H groups in total. The smallest absolute Gasteiger partial charge is 0.257 e. The summed E-state index contributed by atoms with van der Waals surface area (Å²) in [7, 11) is 1.76. The SMILES string of the molecule is CNc1ncc(C(=O)N2CCCC(c3nc4ccccc4n3C(C)C)C2)cn1. The van der Waals surface area contributed by atoms with Gasteiger partial charge in [-0.05, 0) is 38.8 Å². The second kappa shape index (κ2) is 7.58. The van der Waals surface area contributed by atoms with Crippen LogP contribution in [0.2, 0.25) is 0 Å². The van der Waals surface area contributed by atoms with Crippen LogP contribution in [0.3, 0.4) is 0 Å². The number of nitrogens with one attached hydrogen (secondary N) is 1. The first kappa shape index (κ1) is 18.4. The maximum Gasteiger partial charge on any atom is 0.257 e. The minimum Gasteiger partial charge on any atom is -0.357 e. The molecule has 3 heterocycles. The number of anilines is 1. The lowest BCUT2D eigenvalue weighted by Gasteiger charge is -2.33. The van der Waals surface area contributed by atoms with Crippen LogP contribution in [0.4, 0.5) is 5.95 Å². The Labute approximate surface area is 164 Å². The molecular weight excluding hydrogens is 352 g/mol. The maximum absolute atomic E-state index is 13.0. The van der Waals surface area contributed by atoms with Gasteiger partial charge in [-0.3, -0.25) is 4.79 Å². The van der Waals surface area contributed by atoms with E-state index in [1.807, 2.05) is 11.0 Å². The highest BCUT2D eigenvalue weighted by atomic mass is 16.2. The number of amides is 1. The van der Waals surface area contributed by atoms with Gasteiger partial charge in [-0.15, -0.1) is 0 Å². The van der Waals surface area contributed by atoms with Crippen molar-refractivity contribution >= 4 is 22.9 Å². The number of piperidine rings is 1. The lowest BCUT2D eigenvalue weighted by atomic mass is 9.96. The van der Waals surface area contributed by atoms with E-state index in [0.717, 1.165) is 36.2 Å². The fourth-order valence-corrected chi connectivity index (χ4v) is 4.02. The summed E-state index contributed by atoms with van der Waals surface area (Å²) in [6.45, 7) is 5.79. The van der Waals surface area contributed by atoms with E-state index in [4.69, 9.17) is 4.98 Å². The van der Waals surface area contributed by atoms with Crippen LogP contribution >= 0.6 is 0 Å². The topological polar surface area (TPSA) is 75.9 Å². The van der Waals surface area contributed by atoms with Gasteiger partial charge in [0, 0.05) is 44.5 Å². The largest absolute Gasteiger partial charge is 0.357 e. The van der Waals surface area contributed by atoms with E-state index >= 15 is 0 Å². The molecule has 1 aliphatic heterocycles. The number of fused-ring (bicyclic) bond motifs is 1. The Kier molecular flexibility index (Phi) is 4.98. The molecule has 28 heavy (non-hydrogen) atoms. The van der Waals surface area contributed by atoms with Gasteiger partial charge in [0.25, 0.3) is 5.91 Å². The number of hydrogen-bond acceptors (Lipinski definition) is 5. The van der Waals surface area contributed by atoms with Crippen molar-refractivity contribution in [1.82, 2.24) is 24.4 Å². The predicted octanol–water partition coefficient (Wildman–Crippen LogP) is 3.47. The highest BCUT2D eigenvalue weighted by Crippen LogP contribution is 2.32. The van der Waals surface area contributed by atoms with E-state index in [9.17, 15) is 4.79 Å². The summed E-state index contributed by atoms with van der Waals surface area (Å²) in [5, 5.41) is 2.87. The van der Waals surface area contributed by atoms with Crippen LogP contribution in [0.25, 0.3) is 11.0 Å². The number of imidazole rings is 1. The highest BCUT2D eigenvalue weighted by molar-refractivity contribution is 5.93. The molecule has 0 aliphatic carbocycles. The van der Waals surface area contributed by atoms with Crippen LogP contribution in [0, 0.1) is 0 Å². The Balaban J connectivity index is 1.61. The van der Waals surface area contributed by atoms with Crippen molar-refractivity contribution in [2.24, 2.45) is 0 Å². The van der Waals surface area contributed by atoms with E-state index in [2.05, 4.69) is 51.9 Å². The molecule has 0 bridgehead atoms. The molecule has 1 aromatic carbocycles. The van der Waals surface area contributed by atoms with Crippen molar-refractivity contribution in [3.8, 4) is 0 Å². The standard InChI is InChI=1S/C21H26N6O/c1-14(2)27-18-9-5-4-8-17(18)25-19(27)15-7-6-10-26(13-15)20(28)16-11-23-21(22-3)24-12-16/h4-5,8-9,11-12,14-15H,6-7,10,13H2,1-3H3,(H,22,23,24). The van der Waals surface area contributed by atoms with Crippen molar-refractivity contribution in [2.75, 3.05) is 25.5 Å². The zero-order valence-electron chi connectivity index (χ0n) is 16.6. The normalized spacial score (nSPS) is 17.3. The van der Waals surface area contributed by atoms with E-state index in [-0.39, 0.29) is 11.8 Å². The van der Waals surface area contributed by atoms with Crippen molar-refractivity contribution in [3.05, 3.63) is 48.0 Å². The van der Waals surface area contributed by atoms with Crippen LogP contribution in [-0.2, 0) is 0 Å². The number of hydrogen-bond donors (Lipinski definition) is 1. The summed E-state index contributed by atoms with van der Waals surface area (Å²) in [5.74, 6) is 1.80. The molecule has 7 heteroatoms. The Morgan fingerprint density at radius 3 is 2.68 bits per heavy atom. The predicted molar refractivity (Wildman–Crippen MR) is 110 cm³/mol. The summed E-state index contributed by atoms with van der Waals surface area (Å²) in [6, 6.07) is 8.58. The molecule has 1 saturated heterocycles. The summed E-state index contributed by atoms with van der Waals surface area (Å²) in [4.78, 5) is 28.2. The lowest BCUT2D eigenvalue weighted by molar-refractivity contribution is 0.0702. The van der Waals surface area contributed by atoms with Crippen LogP contribution in [-0.4, -0.2) is 50.5 Å². The van der Waals surface area contributed by atoms with Crippen molar-refractivity contribution in [1.29, 1.82) is 0 Å². The average Bonchev–Trinajstić information content (AvgIpc) is 3.13. The van der Waals surface area contributed by atoms with Crippen molar-refractivity contribution in [2.45, 2.75) is 38.6 Å². The van der Waals surface area contributed by atoms with Gasteiger partial charge in [-0.25, -0.2) is 15.0 Å². The first-order valence-corrected chi connectivity index (χ1v) is 9.84. The summed E-state index contributed by atoms with van der Waals surface area (Å²) in [6.07, 6.45) is 5.18. The number of aromatic nitrogens is 4. The molecular formula is C21H26N6O. The molecule has 1 fully saturated rings. The van der Waals surface area contributed by atoms with Crippen LogP contribution in [0.1, 0.15) is 54.8 Å². The first-order chi connectivity index (χ1) is 13.6. The Hall–Kier alpha value is -2.96. The van der Waals surface area contributed by atoms with Crippen molar-refractivity contribution in [3.63, 3.8) is 0 Å². The van der Waals surface area contributed by atoms with Gasteiger partial charge in [0.1, 0.15) is 5.82 Å². The molecule has 0 radical (unpaired) electrons. The summed E-state index contributed by atoms with van der Waals surface area (Å²) < 4.78 is 2.32. The molecule has 0 saturated carbocycles. The third kappa shape index (κ3) is 3.32. The van der Waals surface area contributed by atoms with Gasteiger partial charge in [0.15, 0.2) is 0 Å². The highest BCUT2D eigenvalue weighted by Gasteiger charge is 2.29. The zero-order valence-corrected chi connectivity index (χ0v) is 16.6. The van der Waals surface area contributed by atoms with Crippen molar-refractivity contribution < 1.29 is 4.79 Å². The molecule has 1 amide bonds. The van der Waals surface area contributed by atoms with E-state index in [1.54, 1.807) is 19.4 Å². The molecule has 7 nitrogen and oxygen atoms in total. The van der Waals surface area contributed by atoms with E-state index < -0.39 is 0 Å². The number of likely N-dealkylation sites (tertiary alicyclic amines) is 1. The number of benzene rings is 1. The van der Waals surface area contributed by atoms with Gasteiger partial charge >= 0.3 is 0 Å². The molecule has 3 aromatic rings. The molecule has 0 spiro atoms. The minimum atomic E-state index is -0.0143. The van der Waals surface area contributed by atoms with Crippen LogP contribution < -0.4 is 5.32 Å². The number of carbonyl (C=O) groups excluding carboxylic acids is 1. The Morgan fingerprint density at radius 2 is 1.96 bits per heavy atom. The summed E-state index contributed by atoms with van der Waals surface area (Å²) >= 11 is 0. The molecule has 4 rings (SSSR count). The second-order valence-corrected chi connectivity index (χ2v) is 7.56. The quantitative estimate of drug-likeness (QED) is 0.752.